The molecule has 0 aliphatic carbocycles. The monoisotopic (exact) mass is 224 g/mol. The van der Waals surface area contributed by atoms with E-state index in [9.17, 15) is 26.7 Å². The van der Waals surface area contributed by atoms with Crippen LogP contribution in [0, 0.1) is 29.1 Å². The number of carbonyl (C=O) groups excluding carboxylic acids is 1. The van der Waals surface area contributed by atoms with Gasteiger partial charge in [0.15, 0.2) is 32.8 Å². The molecule has 0 unspecified atom stereocenters. The summed E-state index contributed by atoms with van der Waals surface area (Å²) in [4.78, 5) is 9.93. The highest BCUT2D eigenvalue weighted by Gasteiger charge is 2.25. The van der Waals surface area contributed by atoms with E-state index in [1.165, 1.54) is 0 Å². The fourth-order valence-corrected chi connectivity index (χ4v) is 1.38. The van der Waals surface area contributed by atoms with E-state index in [1.807, 2.05) is 0 Å². The standard InChI is InChI=1S/C7HF5OSi/c8-2-3(9)5(11)7(14-1-13)6(12)4(2)10/h1H. The molecule has 0 aromatic heterocycles. The topological polar surface area (TPSA) is 17.1 Å². The molecule has 0 saturated carbocycles. The van der Waals surface area contributed by atoms with Gasteiger partial charge in [0.2, 0.25) is 5.82 Å². The first-order valence-corrected chi connectivity index (χ1v) is 4.30. The van der Waals surface area contributed by atoms with Crippen molar-refractivity contribution in [1.29, 1.82) is 0 Å². The third-order valence-electron chi connectivity index (χ3n) is 1.41. The Balaban J connectivity index is 3.50. The fourth-order valence-electron chi connectivity index (χ4n) is 0.791. The van der Waals surface area contributed by atoms with Gasteiger partial charge in [0, 0.05) is 5.19 Å². The summed E-state index contributed by atoms with van der Waals surface area (Å²) in [5.41, 5.74) is 0. The molecule has 0 amide bonds. The molecule has 0 aliphatic rings. The van der Waals surface area contributed by atoms with Crippen molar-refractivity contribution in [1.82, 2.24) is 0 Å². The maximum absolute atomic E-state index is 12.7. The second kappa shape index (κ2) is 3.87. The van der Waals surface area contributed by atoms with Crippen LogP contribution in [0.2, 0.25) is 0 Å². The van der Waals surface area contributed by atoms with Crippen LogP contribution in [0.1, 0.15) is 0 Å². The molecule has 0 fully saturated rings. The molecule has 74 valence electrons. The molecule has 0 heterocycles. The van der Waals surface area contributed by atoms with Crippen LogP contribution in [-0.4, -0.2) is 15.4 Å². The van der Waals surface area contributed by atoms with Gasteiger partial charge in [-0.1, -0.05) is 0 Å². The Morgan fingerprint density at radius 2 is 1.14 bits per heavy atom. The van der Waals surface area contributed by atoms with Crippen molar-refractivity contribution in [3.05, 3.63) is 29.1 Å². The third-order valence-corrected chi connectivity index (χ3v) is 2.26. The van der Waals surface area contributed by atoms with E-state index in [0.29, 0.717) is 0 Å². The average molecular weight is 224 g/mol. The quantitative estimate of drug-likeness (QED) is 0.240. The summed E-state index contributed by atoms with van der Waals surface area (Å²) in [7, 11) is -1.10. The normalized spacial score (nSPS) is 10.4. The first-order chi connectivity index (χ1) is 6.50. The second-order valence-electron chi connectivity index (χ2n) is 2.21. The third kappa shape index (κ3) is 1.54. The first kappa shape index (κ1) is 10.8. The maximum atomic E-state index is 12.7. The highest BCUT2D eigenvalue weighted by Crippen LogP contribution is 2.15. The number of hydrogen-bond donors (Lipinski definition) is 0. The zero-order valence-electron chi connectivity index (χ0n) is 6.38. The minimum atomic E-state index is -2.22. The largest absolute Gasteiger partial charge is 0.309 e. The summed E-state index contributed by atoms with van der Waals surface area (Å²) in [6.45, 7) is 0. The van der Waals surface area contributed by atoms with E-state index in [1.54, 1.807) is 0 Å². The van der Waals surface area contributed by atoms with Crippen LogP contribution in [0.5, 0.6) is 0 Å². The van der Waals surface area contributed by atoms with Gasteiger partial charge < -0.3 is 4.79 Å². The van der Waals surface area contributed by atoms with Gasteiger partial charge in [-0.3, -0.25) is 0 Å². The van der Waals surface area contributed by atoms with Gasteiger partial charge in [-0.15, -0.1) is 0 Å². The van der Waals surface area contributed by atoms with Crippen molar-refractivity contribution in [3.63, 3.8) is 0 Å². The highest BCUT2D eigenvalue weighted by molar-refractivity contribution is 6.78. The van der Waals surface area contributed by atoms with Crippen LogP contribution in [0.3, 0.4) is 0 Å². The summed E-state index contributed by atoms with van der Waals surface area (Å²) in [6.07, 6.45) is 0. The lowest BCUT2D eigenvalue weighted by molar-refractivity contribution is 0.384. The van der Waals surface area contributed by atoms with Crippen LogP contribution in [-0.2, 0) is 4.79 Å². The molecule has 7 heteroatoms. The summed E-state index contributed by atoms with van der Waals surface area (Å²) >= 11 is 0. The molecule has 0 saturated heterocycles. The molecule has 14 heavy (non-hydrogen) atoms. The van der Waals surface area contributed by atoms with E-state index in [4.69, 9.17) is 0 Å². The number of benzene rings is 1. The van der Waals surface area contributed by atoms with Gasteiger partial charge in [0.05, 0.1) is 0 Å². The summed E-state index contributed by atoms with van der Waals surface area (Å²) in [5.74, 6) is -10.1. The van der Waals surface area contributed by atoms with Crippen molar-refractivity contribution >= 4 is 20.6 Å². The van der Waals surface area contributed by atoms with Gasteiger partial charge in [-0.2, -0.15) is 0 Å². The van der Waals surface area contributed by atoms with E-state index in [-0.39, 0.29) is 5.91 Å². The number of hydrogen-bond acceptors (Lipinski definition) is 1. The zero-order valence-corrected chi connectivity index (χ0v) is 7.38. The van der Waals surface area contributed by atoms with Gasteiger partial charge in [0.1, 0.15) is 5.91 Å². The first-order valence-electron chi connectivity index (χ1n) is 3.22. The van der Waals surface area contributed by atoms with E-state index < -0.39 is 43.8 Å². The van der Waals surface area contributed by atoms with Gasteiger partial charge in [-0.05, 0) is 0 Å². The summed E-state index contributed by atoms with van der Waals surface area (Å²) < 4.78 is 62.8. The predicted molar refractivity (Wildman–Crippen MR) is 38.4 cm³/mol. The summed E-state index contributed by atoms with van der Waals surface area (Å²) in [5, 5.41) is -1.09. The SMILES string of the molecule is O=C[Si]c1c(F)c(F)c(F)c(F)c1F. The zero-order chi connectivity index (χ0) is 10.9. The van der Waals surface area contributed by atoms with Crippen LogP contribution in [0.25, 0.3) is 0 Å². The Morgan fingerprint density at radius 1 is 0.786 bits per heavy atom. The second-order valence-corrected chi connectivity index (χ2v) is 3.23. The molecule has 1 aromatic carbocycles. The summed E-state index contributed by atoms with van der Waals surface area (Å²) in [6, 6.07) is 0. The van der Waals surface area contributed by atoms with Crippen molar-refractivity contribution in [2.75, 3.05) is 0 Å². The molecule has 0 N–H and O–H groups in total. The van der Waals surface area contributed by atoms with Gasteiger partial charge in [-0.25, -0.2) is 22.0 Å². The Kier molecular flexibility index (Phi) is 2.99. The Morgan fingerprint density at radius 3 is 1.50 bits per heavy atom. The minimum absolute atomic E-state index is 0.0816. The average Bonchev–Trinajstić information content (AvgIpc) is 2.19. The van der Waals surface area contributed by atoms with E-state index in [2.05, 4.69) is 0 Å². The molecule has 1 nitrogen and oxygen atoms in total. The van der Waals surface area contributed by atoms with Gasteiger partial charge in [0.25, 0.3) is 0 Å². The van der Waals surface area contributed by atoms with Crippen molar-refractivity contribution in [3.8, 4) is 0 Å². The fraction of sp³-hybridized carbons (Fsp3) is 0. The lowest BCUT2D eigenvalue weighted by Crippen LogP contribution is -2.28. The molecular formula is C7HF5OSi. The van der Waals surface area contributed by atoms with Gasteiger partial charge >= 0.3 is 0 Å². The number of halogens is 5. The van der Waals surface area contributed by atoms with E-state index >= 15 is 0 Å². The molecule has 0 spiro atoms. The lowest BCUT2D eigenvalue weighted by Gasteiger charge is -2.03. The highest BCUT2D eigenvalue weighted by atomic mass is 28.2. The molecule has 2 radical (unpaired) electrons. The van der Waals surface area contributed by atoms with E-state index in [0.717, 1.165) is 0 Å². The Bertz CT molecular complexity index is 363. The molecule has 0 atom stereocenters. The van der Waals surface area contributed by atoms with Crippen LogP contribution in [0.4, 0.5) is 22.0 Å². The Hall–Kier alpha value is -1.24. The smallest absolute Gasteiger partial charge is 0.200 e. The number of rotatable bonds is 2. The predicted octanol–water partition coefficient (Wildman–Crippen LogP) is 0.902. The van der Waals surface area contributed by atoms with Crippen molar-refractivity contribution in [2.24, 2.45) is 0 Å². The molecular weight excluding hydrogens is 223 g/mol. The van der Waals surface area contributed by atoms with Crippen molar-refractivity contribution in [2.45, 2.75) is 0 Å². The molecule has 1 aromatic rings. The molecule has 0 aliphatic heterocycles. The number of carbonyl (C=O) groups is 1. The lowest BCUT2D eigenvalue weighted by atomic mass is 10.3. The van der Waals surface area contributed by atoms with Crippen LogP contribution < -0.4 is 5.19 Å². The Labute approximate surface area is 77.4 Å². The maximum Gasteiger partial charge on any atom is 0.200 e. The molecule has 0 bridgehead atoms. The molecule has 1 rings (SSSR count). The minimum Gasteiger partial charge on any atom is -0.309 e. The van der Waals surface area contributed by atoms with Crippen LogP contribution >= 0.6 is 0 Å². The van der Waals surface area contributed by atoms with Crippen LogP contribution in [0.15, 0.2) is 0 Å². The van der Waals surface area contributed by atoms with Crippen molar-refractivity contribution < 1.29 is 26.7 Å².